The van der Waals surface area contributed by atoms with Crippen molar-refractivity contribution in [2.24, 2.45) is 5.92 Å². The lowest BCUT2D eigenvalue weighted by Gasteiger charge is -2.09. The number of nitrogen functional groups attached to an aromatic ring is 1. The van der Waals surface area contributed by atoms with Gasteiger partial charge >= 0.3 is 0 Å². The lowest BCUT2D eigenvalue weighted by Crippen LogP contribution is -2.08. The van der Waals surface area contributed by atoms with Gasteiger partial charge in [0.05, 0.1) is 0 Å². The van der Waals surface area contributed by atoms with E-state index in [0.717, 1.165) is 30.3 Å². The largest absolute Gasteiger partial charge is 0.383 e. The molecule has 0 bridgehead atoms. The van der Waals surface area contributed by atoms with Crippen LogP contribution >= 0.6 is 0 Å². The molecule has 0 aliphatic heterocycles. The third kappa shape index (κ3) is 3.73. The Balaban J connectivity index is 2.41. The number of nitrogens with two attached hydrogens (primary N) is 1. The molecule has 0 aliphatic carbocycles. The first-order chi connectivity index (χ1) is 7.11. The van der Waals surface area contributed by atoms with Crippen LogP contribution in [0.1, 0.15) is 32.3 Å². The van der Waals surface area contributed by atoms with E-state index in [2.05, 4.69) is 29.1 Å². The SMILES string of the molecule is Cc1c(N)ncnc1NCCCC(C)C. The van der Waals surface area contributed by atoms with Crippen molar-refractivity contribution in [1.29, 1.82) is 0 Å². The van der Waals surface area contributed by atoms with Crippen molar-refractivity contribution >= 4 is 11.6 Å². The van der Waals surface area contributed by atoms with Gasteiger partial charge in [-0.2, -0.15) is 0 Å². The Hall–Kier alpha value is -1.32. The average Bonchev–Trinajstić information content (AvgIpc) is 2.18. The number of nitrogens with zero attached hydrogens (tertiary/aromatic N) is 2. The van der Waals surface area contributed by atoms with Gasteiger partial charge in [0.15, 0.2) is 0 Å². The monoisotopic (exact) mass is 208 g/mol. The van der Waals surface area contributed by atoms with Crippen LogP contribution in [0.2, 0.25) is 0 Å². The van der Waals surface area contributed by atoms with Crippen LogP contribution < -0.4 is 11.1 Å². The summed E-state index contributed by atoms with van der Waals surface area (Å²) in [7, 11) is 0. The van der Waals surface area contributed by atoms with Gasteiger partial charge in [0.2, 0.25) is 0 Å². The Bertz CT molecular complexity index is 309. The maximum Gasteiger partial charge on any atom is 0.134 e. The van der Waals surface area contributed by atoms with E-state index in [-0.39, 0.29) is 0 Å². The maximum absolute atomic E-state index is 5.68. The Morgan fingerprint density at radius 2 is 2.13 bits per heavy atom. The van der Waals surface area contributed by atoms with Crippen molar-refractivity contribution in [3.05, 3.63) is 11.9 Å². The van der Waals surface area contributed by atoms with E-state index in [1.54, 1.807) is 0 Å². The second-order valence-corrected chi connectivity index (χ2v) is 4.20. The van der Waals surface area contributed by atoms with Gasteiger partial charge in [-0.15, -0.1) is 0 Å². The van der Waals surface area contributed by atoms with Gasteiger partial charge in [0, 0.05) is 12.1 Å². The fourth-order valence-corrected chi connectivity index (χ4v) is 1.36. The Morgan fingerprint density at radius 3 is 2.80 bits per heavy atom. The summed E-state index contributed by atoms with van der Waals surface area (Å²) < 4.78 is 0. The summed E-state index contributed by atoms with van der Waals surface area (Å²) in [4.78, 5) is 8.08. The zero-order valence-electron chi connectivity index (χ0n) is 9.75. The third-order valence-electron chi connectivity index (χ3n) is 2.37. The number of anilines is 2. The molecule has 0 saturated heterocycles. The number of aromatic nitrogens is 2. The van der Waals surface area contributed by atoms with Gasteiger partial charge in [0.1, 0.15) is 18.0 Å². The van der Waals surface area contributed by atoms with Gasteiger partial charge < -0.3 is 11.1 Å². The summed E-state index contributed by atoms with van der Waals surface area (Å²) in [5, 5.41) is 3.28. The van der Waals surface area contributed by atoms with Crippen molar-refractivity contribution in [2.45, 2.75) is 33.6 Å². The molecule has 1 heterocycles. The second-order valence-electron chi connectivity index (χ2n) is 4.20. The minimum Gasteiger partial charge on any atom is -0.383 e. The molecule has 0 fully saturated rings. The lowest BCUT2D eigenvalue weighted by molar-refractivity contribution is 0.566. The molecule has 4 nitrogen and oxygen atoms in total. The van der Waals surface area contributed by atoms with Crippen molar-refractivity contribution in [3.63, 3.8) is 0 Å². The van der Waals surface area contributed by atoms with Crippen molar-refractivity contribution in [2.75, 3.05) is 17.6 Å². The van der Waals surface area contributed by atoms with Crippen LogP contribution in [0.5, 0.6) is 0 Å². The van der Waals surface area contributed by atoms with Crippen LogP contribution in [0.25, 0.3) is 0 Å². The number of hydrogen-bond donors (Lipinski definition) is 2. The predicted molar refractivity (Wildman–Crippen MR) is 63.7 cm³/mol. The minimum atomic E-state index is 0.552. The van der Waals surface area contributed by atoms with Gasteiger partial charge in [-0.3, -0.25) is 0 Å². The molecule has 3 N–H and O–H groups in total. The molecule has 0 atom stereocenters. The van der Waals surface area contributed by atoms with Crippen molar-refractivity contribution in [3.8, 4) is 0 Å². The number of hydrogen-bond acceptors (Lipinski definition) is 4. The summed E-state index contributed by atoms with van der Waals surface area (Å²) in [5.74, 6) is 2.16. The average molecular weight is 208 g/mol. The quantitative estimate of drug-likeness (QED) is 0.728. The van der Waals surface area contributed by atoms with E-state index in [9.17, 15) is 0 Å². The number of nitrogens with one attached hydrogen (secondary N) is 1. The molecule has 0 unspecified atom stereocenters. The van der Waals surface area contributed by atoms with Gasteiger partial charge in [0.25, 0.3) is 0 Å². The molecule has 1 rings (SSSR count). The molecule has 0 saturated carbocycles. The number of rotatable bonds is 5. The summed E-state index contributed by atoms with van der Waals surface area (Å²) >= 11 is 0. The minimum absolute atomic E-state index is 0.552. The summed E-state index contributed by atoms with van der Waals surface area (Å²) in [6.45, 7) is 7.33. The Morgan fingerprint density at radius 1 is 1.40 bits per heavy atom. The third-order valence-corrected chi connectivity index (χ3v) is 2.37. The summed E-state index contributed by atoms with van der Waals surface area (Å²) in [6, 6.07) is 0. The summed E-state index contributed by atoms with van der Waals surface area (Å²) in [5.41, 5.74) is 6.61. The van der Waals surface area contributed by atoms with Crippen molar-refractivity contribution < 1.29 is 0 Å². The molecule has 84 valence electrons. The summed E-state index contributed by atoms with van der Waals surface area (Å²) in [6.07, 6.45) is 3.88. The van der Waals surface area contributed by atoms with Crippen LogP contribution in [0.3, 0.4) is 0 Å². The fraction of sp³-hybridized carbons (Fsp3) is 0.636. The van der Waals surface area contributed by atoms with Gasteiger partial charge in [-0.1, -0.05) is 13.8 Å². The Labute approximate surface area is 91.3 Å². The van der Waals surface area contributed by atoms with Crippen molar-refractivity contribution in [1.82, 2.24) is 9.97 Å². The van der Waals surface area contributed by atoms with Crippen LogP contribution in [0, 0.1) is 12.8 Å². The maximum atomic E-state index is 5.68. The normalized spacial score (nSPS) is 10.7. The van der Waals surface area contributed by atoms with E-state index in [1.807, 2.05) is 6.92 Å². The highest BCUT2D eigenvalue weighted by Gasteiger charge is 2.02. The van der Waals surface area contributed by atoms with E-state index >= 15 is 0 Å². The van der Waals surface area contributed by atoms with E-state index in [4.69, 9.17) is 5.73 Å². The zero-order valence-corrected chi connectivity index (χ0v) is 9.75. The molecular weight excluding hydrogens is 188 g/mol. The Kier molecular flexibility index (Phi) is 4.34. The first kappa shape index (κ1) is 11.8. The molecule has 0 radical (unpaired) electrons. The van der Waals surface area contributed by atoms with Crippen LogP contribution in [-0.4, -0.2) is 16.5 Å². The van der Waals surface area contributed by atoms with E-state index in [0.29, 0.717) is 5.82 Å². The highest BCUT2D eigenvalue weighted by molar-refractivity contribution is 5.53. The first-order valence-corrected chi connectivity index (χ1v) is 5.42. The van der Waals surface area contributed by atoms with Crippen LogP contribution in [-0.2, 0) is 0 Å². The first-order valence-electron chi connectivity index (χ1n) is 5.42. The molecule has 15 heavy (non-hydrogen) atoms. The van der Waals surface area contributed by atoms with E-state index in [1.165, 1.54) is 12.7 Å². The smallest absolute Gasteiger partial charge is 0.134 e. The molecule has 0 aliphatic rings. The standard InChI is InChI=1S/C11H20N4/c1-8(2)5-4-6-13-11-9(3)10(12)14-7-15-11/h7-8H,4-6H2,1-3H3,(H3,12,13,14,15). The highest BCUT2D eigenvalue weighted by atomic mass is 15.0. The topological polar surface area (TPSA) is 63.8 Å². The highest BCUT2D eigenvalue weighted by Crippen LogP contribution is 2.15. The predicted octanol–water partition coefficient (Wildman–Crippen LogP) is 2.22. The molecule has 1 aromatic rings. The molecule has 0 amide bonds. The molecule has 4 heteroatoms. The lowest BCUT2D eigenvalue weighted by atomic mass is 10.1. The van der Waals surface area contributed by atoms with Crippen LogP contribution in [0.4, 0.5) is 11.6 Å². The fourth-order valence-electron chi connectivity index (χ4n) is 1.36. The zero-order chi connectivity index (χ0) is 11.3. The van der Waals surface area contributed by atoms with E-state index < -0.39 is 0 Å². The van der Waals surface area contributed by atoms with Gasteiger partial charge in [-0.05, 0) is 25.7 Å². The molecule has 0 spiro atoms. The molecule has 0 aromatic carbocycles. The van der Waals surface area contributed by atoms with Crippen LogP contribution in [0.15, 0.2) is 6.33 Å². The molecular formula is C11H20N4. The molecule has 1 aromatic heterocycles. The van der Waals surface area contributed by atoms with Gasteiger partial charge in [-0.25, -0.2) is 9.97 Å². The second kappa shape index (κ2) is 5.53.